The number of aryl methyl sites for hydroxylation is 1. The third-order valence-corrected chi connectivity index (χ3v) is 5.43. The maximum Gasteiger partial charge on any atom is 0.244 e. The van der Waals surface area contributed by atoms with Gasteiger partial charge in [0.1, 0.15) is 4.90 Å². The lowest BCUT2D eigenvalue weighted by molar-refractivity contribution is 0.267. The average Bonchev–Trinajstić information content (AvgIpc) is 2.70. The smallest absolute Gasteiger partial charge is 0.244 e. The highest BCUT2D eigenvalue weighted by Crippen LogP contribution is 2.45. The Hall–Kier alpha value is -0.920. The normalized spacial score (nSPS) is 21.6. The van der Waals surface area contributed by atoms with Crippen LogP contribution in [0.1, 0.15) is 31.7 Å². The number of aliphatic hydroxyl groups excluding tert-OH is 1. The molecule has 1 saturated carbocycles. The Morgan fingerprint density at radius 3 is 2.53 bits per heavy atom. The number of rotatable bonds is 5. The third-order valence-electron chi connectivity index (χ3n) is 3.71. The van der Waals surface area contributed by atoms with Gasteiger partial charge in [0.15, 0.2) is 0 Å². The molecule has 6 nitrogen and oxygen atoms in total. The summed E-state index contributed by atoms with van der Waals surface area (Å²) in [5, 5.41) is 13.1. The highest BCUT2D eigenvalue weighted by molar-refractivity contribution is 7.89. The molecular formula is C12H21N3O3S. The second-order valence-corrected chi connectivity index (χ2v) is 7.46. The van der Waals surface area contributed by atoms with Crippen LogP contribution in [-0.4, -0.2) is 36.0 Å². The van der Waals surface area contributed by atoms with E-state index < -0.39 is 10.0 Å². The van der Waals surface area contributed by atoms with Crippen molar-refractivity contribution in [1.29, 1.82) is 0 Å². The number of nitrogens with zero attached hydrogens (tertiary/aromatic N) is 2. The number of hydrogen-bond acceptors (Lipinski definition) is 4. The Balaban J connectivity index is 2.30. The van der Waals surface area contributed by atoms with Gasteiger partial charge in [-0.25, -0.2) is 13.1 Å². The van der Waals surface area contributed by atoms with Gasteiger partial charge >= 0.3 is 0 Å². The van der Waals surface area contributed by atoms with Crippen molar-refractivity contribution in [2.24, 2.45) is 5.41 Å². The fraction of sp³-hybridized carbons (Fsp3) is 0.750. The van der Waals surface area contributed by atoms with E-state index in [1.807, 2.05) is 13.8 Å². The molecule has 1 unspecified atom stereocenters. The lowest BCUT2D eigenvalue weighted by Gasteiger charge is -2.09. The Kier molecular flexibility index (Phi) is 3.49. The summed E-state index contributed by atoms with van der Waals surface area (Å²) in [6.45, 7) is 7.70. The predicted molar refractivity (Wildman–Crippen MR) is 71.3 cm³/mol. The molecule has 1 aliphatic rings. The van der Waals surface area contributed by atoms with Crippen molar-refractivity contribution in [3.8, 4) is 0 Å². The molecule has 0 bridgehead atoms. The van der Waals surface area contributed by atoms with Crippen molar-refractivity contribution >= 4 is 10.0 Å². The van der Waals surface area contributed by atoms with Crippen LogP contribution < -0.4 is 4.72 Å². The summed E-state index contributed by atoms with van der Waals surface area (Å²) in [5.74, 6) is 0. The summed E-state index contributed by atoms with van der Waals surface area (Å²) in [6, 6.07) is -0.00232. The van der Waals surface area contributed by atoms with E-state index in [-0.39, 0.29) is 23.0 Å². The van der Waals surface area contributed by atoms with Gasteiger partial charge in [0, 0.05) is 6.04 Å². The maximum atomic E-state index is 12.4. The Labute approximate surface area is 113 Å². The van der Waals surface area contributed by atoms with Gasteiger partial charge in [0.05, 0.1) is 24.5 Å². The van der Waals surface area contributed by atoms with E-state index in [2.05, 4.69) is 9.82 Å². The minimum Gasteiger partial charge on any atom is -0.394 e. The number of sulfonamides is 1. The molecule has 1 aromatic rings. The first kappa shape index (κ1) is 14.5. The largest absolute Gasteiger partial charge is 0.394 e. The zero-order chi connectivity index (χ0) is 14.4. The molecule has 1 fully saturated rings. The van der Waals surface area contributed by atoms with Gasteiger partial charge in [-0.15, -0.1) is 0 Å². The molecule has 19 heavy (non-hydrogen) atoms. The van der Waals surface area contributed by atoms with Gasteiger partial charge in [-0.3, -0.25) is 4.68 Å². The van der Waals surface area contributed by atoms with Gasteiger partial charge in [-0.2, -0.15) is 5.10 Å². The zero-order valence-electron chi connectivity index (χ0n) is 11.8. The van der Waals surface area contributed by atoms with Gasteiger partial charge in [0.2, 0.25) is 10.0 Å². The van der Waals surface area contributed by atoms with Crippen molar-refractivity contribution in [3.63, 3.8) is 0 Å². The van der Waals surface area contributed by atoms with E-state index in [4.69, 9.17) is 5.11 Å². The summed E-state index contributed by atoms with van der Waals surface area (Å²) in [6.07, 6.45) is 0.856. The summed E-state index contributed by atoms with van der Waals surface area (Å²) < 4.78 is 29.1. The second kappa shape index (κ2) is 4.57. The zero-order valence-corrected chi connectivity index (χ0v) is 12.6. The highest BCUT2D eigenvalue weighted by atomic mass is 32.2. The molecule has 0 spiro atoms. The third kappa shape index (κ3) is 2.68. The summed E-state index contributed by atoms with van der Waals surface area (Å²) in [5.41, 5.74) is 1.07. The second-order valence-electron chi connectivity index (χ2n) is 5.81. The van der Waals surface area contributed by atoms with Crippen molar-refractivity contribution in [2.45, 2.75) is 51.6 Å². The van der Waals surface area contributed by atoms with E-state index in [1.165, 1.54) is 4.68 Å². The van der Waals surface area contributed by atoms with Crippen LogP contribution in [-0.2, 0) is 16.6 Å². The fourth-order valence-electron chi connectivity index (χ4n) is 2.30. The first-order chi connectivity index (χ1) is 8.69. The lowest BCUT2D eigenvalue weighted by atomic mass is 10.2. The standard InChI is InChI=1S/C12H21N3O3S/c1-8-11(9(2)15(13-8)5-6-16)19(17,18)14-10-7-12(10,3)4/h10,14,16H,5-7H2,1-4H3. The van der Waals surface area contributed by atoms with Crippen molar-refractivity contribution in [3.05, 3.63) is 11.4 Å². The molecule has 108 valence electrons. The van der Waals surface area contributed by atoms with Crippen LogP contribution in [0.5, 0.6) is 0 Å². The molecule has 0 amide bonds. The Morgan fingerprint density at radius 1 is 1.47 bits per heavy atom. The molecule has 0 saturated heterocycles. The molecule has 7 heteroatoms. The van der Waals surface area contributed by atoms with Gasteiger partial charge in [0.25, 0.3) is 0 Å². The molecule has 2 rings (SSSR count). The van der Waals surface area contributed by atoms with Crippen LogP contribution in [0.25, 0.3) is 0 Å². The topological polar surface area (TPSA) is 84.2 Å². The van der Waals surface area contributed by atoms with Crippen LogP contribution in [0.2, 0.25) is 0 Å². The summed E-state index contributed by atoms with van der Waals surface area (Å²) in [7, 11) is -3.54. The van der Waals surface area contributed by atoms with E-state index in [0.717, 1.165) is 6.42 Å². The molecule has 1 atom stereocenters. The van der Waals surface area contributed by atoms with Gasteiger partial charge in [-0.1, -0.05) is 13.8 Å². The van der Waals surface area contributed by atoms with Crippen LogP contribution in [0.3, 0.4) is 0 Å². The first-order valence-electron chi connectivity index (χ1n) is 6.36. The average molecular weight is 287 g/mol. The van der Waals surface area contributed by atoms with E-state index in [9.17, 15) is 8.42 Å². The van der Waals surface area contributed by atoms with E-state index in [0.29, 0.717) is 17.9 Å². The highest BCUT2D eigenvalue weighted by Gasteiger charge is 2.48. The monoisotopic (exact) mass is 287 g/mol. The SMILES string of the molecule is Cc1nn(CCO)c(C)c1S(=O)(=O)NC1CC1(C)C. The first-order valence-corrected chi connectivity index (χ1v) is 7.84. The van der Waals surface area contributed by atoms with Gasteiger partial charge < -0.3 is 5.11 Å². The van der Waals surface area contributed by atoms with Crippen molar-refractivity contribution in [1.82, 2.24) is 14.5 Å². The van der Waals surface area contributed by atoms with Crippen LogP contribution >= 0.6 is 0 Å². The summed E-state index contributed by atoms with van der Waals surface area (Å²) >= 11 is 0. The van der Waals surface area contributed by atoms with E-state index in [1.54, 1.807) is 13.8 Å². The molecule has 0 radical (unpaired) electrons. The number of aliphatic hydroxyl groups is 1. The maximum absolute atomic E-state index is 12.4. The number of aromatic nitrogens is 2. The van der Waals surface area contributed by atoms with Crippen LogP contribution in [0.4, 0.5) is 0 Å². The minimum atomic E-state index is -3.54. The molecule has 2 N–H and O–H groups in total. The summed E-state index contributed by atoms with van der Waals surface area (Å²) in [4.78, 5) is 0.239. The van der Waals surface area contributed by atoms with Crippen molar-refractivity contribution < 1.29 is 13.5 Å². The Bertz CT molecular complexity index is 590. The van der Waals surface area contributed by atoms with Crippen molar-refractivity contribution in [2.75, 3.05) is 6.61 Å². The van der Waals surface area contributed by atoms with Gasteiger partial charge in [-0.05, 0) is 25.7 Å². The molecule has 1 heterocycles. The van der Waals surface area contributed by atoms with Crippen LogP contribution in [0, 0.1) is 19.3 Å². The quantitative estimate of drug-likeness (QED) is 0.829. The number of hydrogen-bond donors (Lipinski definition) is 2. The molecule has 0 aromatic carbocycles. The minimum absolute atomic E-state index is 0.00232. The fourth-order valence-corrected chi connectivity index (χ4v) is 4.12. The van der Waals surface area contributed by atoms with Crippen LogP contribution in [0.15, 0.2) is 4.90 Å². The lowest BCUT2D eigenvalue weighted by Crippen LogP contribution is -2.29. The molecule has 1 aliphatic carbocycles. The van der Waals surface area contributed by atoms with E-state index >= 15 is 0 Å². The predicted octanol–water partition coefficient (Wildman–Crippen LogP) is 0.569. The molecular weight excluding hydrogens is 266 g/mol. The number of nitrogens with one attached hydrogen (secondary N) is 1. The molecule has 0 aliphatic heterocycles. The molecule has 1 aromatic heterocycles. The Morgan fingerprint density at radius 2 is 2.05 bits per heavy atom.